The summed E-state index contributed by atoms with van der Waals surface area (Å²) in [5.41, 5.74) is 5.62. The summed E-state index contributed by atoms with van der Waals surface area (Å²) in [6.45, 7) is 5.64. The molecule has 15 heteroatoms. The number of ether oxygens (including phenoxy) is 1. The van der Waals surface area contributed by atoms with Crippen molar-refractivity contribution in [2.45, 2.75) is 51.4 Å². The van der Waals surface area contributed by atoms with E-state index in [1.807, 2.05) is 42.5 Å². The van der Waals surface area contributed by atoms with Crippen molar-refractivity contribution in [2.75, 3.05) is 39.9 Å². The minimum absolute atomic E-state index is 0.00129. The number of morpholine rings is 1. The molecule has 2 aliphatic heterocycles. The maximum atomic E-state index is 14.4. The number of carbonyl (C=O) groups is 6. The first-order chi connectivity index (χ1) is 25.1. The number of urea groups is 1. The summed E-state index contributed by atoms with van der Waals surface area (Å²) in [6, 6.07) is 16.4. The minimum Gasteiger partial charge on any atom is -0.481 e. The molecule has 2 aliphatic rings. The molecule has 15 nitrogen and oxygen atoms in total. The second-order valence-electron chi connectivity index (χ2n) is 13.8. The van der Waals surface area contributed by atoms with Crippen molar-refractivity contribution < 1.29 is 38.6 Å². The molecule has 280 valence electrons. The first kappa shape index (κ1) is 38.4. The Labute approximate surface area is 307 Å². The highest BCUT2D eigenvalue weighted by atomic mass is 16.5. The molecule has 3 aromatic carbocycles. The Bertz CT molecular complexity index is 1930. The van der Waals surface area contributed by atoms with Crippen molar-refractivity contribution in [3.63, 3.8) is 0 Å². The smallest absolute Gasteiger partial charge is 0.328 e. The highest BCUT2D eigenvalue weighted by molar-refractivity contribution is 6.09. The van der Waals surface area contributed by atoms with Crippen LogP contribution in [0.4, 0.5) is 4.79 Å². The number of fused-ring (bicyclic) bond motifs is 1. The molecule has 0 saturated carbocycles. The second-order valence-corrected chi connectivity index (χ2v) is 13.8. The van der Waals surface area contributed by atoms with E-state index in [4.69, 9.17) is 15.9 Å². The Kier molecular flexibility index (Phi) is 11.5. The van der Waals surface area contributed by atoms with Crippen LogP contribution in [0.25, 0.3) is 10.8 Å². The summed E-state index contributed by atoms with van der Waals surface area (Å²) in [4.78, 5) is 86.0. The van der Waals surface area contributed by atoms with Crippen molar-refractivity contribution in [3.05, 3.63) is 83.4 Å². The summed E-state index contributed by atoms with van der Waals surface area (Å²) in [5.74, 6) is -4.71. The number of amides is 6. The number of nitrogen functional groups attached to an aromatic ring is 1. The normalized spacial score (nSPS) is 18.6. The van der Waals surface area contributed by atoms with Crippen LogP contribution in [0.2, 0.25) is 0 Å². The van der Waals surface area contributed by atoms with Crippen molar-refractivity contribution in [2.24, 2.45) is 11.7 Å². The van der Waals surface area contributed by atoms with Gasteiger partial charge in [-0.3, -0.25) is 34.3 Å². The lowest BCUT2D eigenvalue weighted by atomic mass is 9.89. The number of hydrogen-bond acceptors (Lipinski definition) is 8. The number of nitrogens with two attached hydrogens (primary N) is 1. The van der Waals surface area contributed by atoms with E-state index in [2.05, 4.69) is 5.32 Å². The van der Waals surface area contributed by atoms with Crippen LogP contribution in [0.1, 0.15) is 43.9 Å². The minimum atomic E-state index is -1.60. The number of amidine groups is 1. The summed E-state index contributed by atoms with van der Waals surface area (Å²) >= 11 is 0. The maximum Gasteiger partial charge on any atom is 0.328 e. The number of aliphatic carboxylic acids is 1. The number of nitrogens with zero attached hydrogens (tertiary/aromatic N) is 4. The van der Waals surface area contributed by atoms with E-state index in [0.29, 0.717) is 37.4 Å². The fourth-order valence-electron chi connectivity index (χ4n) is 6.68. The van der Waals surface area contributed by atoms with Crippen molar-refractivity contribution >= 4 is 52.2 Å². The third-order valence-electron chi connectivity index (χ3n) is 9.95. The molecule has 3 aromatic rings. The van der Waals surface area contributed by atoms with Crippen LogP contribution in [-0.4, -0.2) is 118 Å². The highest BCUT2D eigenvalue weighted by Gasteiger charge is 2.56. The number of hydrogen-bond donors (Lipinski definition) is 4. The van der Waals surface area contributed by atoms with E-state index in [-0.39, 0.29) is 24.2 Å². The third kappa shape index (κ3) is 7.99. The van der Waals surface area contributed by atoms with E-state index in [1.165, 1.54) is 11.9 Å². The molecule has 5 N–H and O–H groups in total. The van der Waals surface area contributed by atoms with Crippen LogP contribution in [0, 0.1) is 11.3 Å². The molecule has 0 radical (unpaired) electrons. The molecule has 2 fully saturated rings. The zero-order valence-electron chi connectivity index (χ0n) is 30.2. The van der Waals surface area contributed by atoms with Gasteiger partial charge in [-0.1, -0.05) is 74.5 Å². The number of likely N-dealkylation sites (N-methyl/N-ethyl adjacent to an activating group) is 1. The van der Waals surface area contributed by atoms with Crippen LogP contribution >= 0.6 is 0 Å². The molecule has 2 heterocycles. The van der Waals surface area contributed by atoms with Gasteiger partial charge in [0.25, 0.3) is 5.91 Å². The lowest BCUT2D eigenvalue weighted by Crippen LogP contribution is -2.58. The fraction of sp³-hybridized carbons (Fsp3) is 0.395. The van der Waals surface area contributed by atoms with Crippen LogP contribution in [0.5, 0.6) is 0 Å². The number of carbonyl (C=O) groups excluding carboxylic acids is 5. The van der Waals surface area contributed by atoms with Gasteiger partial charge in [-0.2, -0.15) is 0 Å². The molecule has 6 amide bonds. The lowest BCUT2D eigenvalue weighted by Gasteiger charge is -2.34. The van der Waals surface area contributed by atoms with Gasteiger partial charge < -0.3 is 35.6 Å². The maximum absolute atomic E-state index is 14.4. The monoisotopic (exact) mass is 727 g/mol. The molecule has 1 unspecified atom stereocenters. The van der Waals surface area contributed by atoms with E-state index in [9.17, 15) is 33.9 Å². The quantitative estimate of drug-likeness (QED) is 0.115. The van der Waals surface area contributed by atoms with Gasteiger partial charge in [0, 0.05) is 32.2 Å². The first-order valence-electron chi connectivity index (χ1n) is 17.3. The van der Waals surface area contributed by atoms with E-state index < -0.39 is 60.3 Å². The van der Waals surface area contributed by atoms with Gasteiger partial charge in [-0.25, -0.2) is 4.79 Å². The molecule has 53 heavy (non-hydrogen) atoms. The number of rotatable bonds is 13. The van der Waals surface area contributed by atoms with E-state index in [0.717, 1.165) is 26.1 Å². The number of nitrogens with one attached hydrogen (secondary N) is 2. The molecular formula is C38H45N7O8. The van der Waals surface area contributed by atoms with Crippen molar-refractivity contribution in [1.29, 1.82) is 5.41 Å². The van der Waals surface area contributed by atoms with Crippen LogP contribution in [0.15, 0.2) is 66.7 Å². The Morgan fingerprint density at radius 3 is 2.25 bits per heavy atom. The third-order valence-corrected chi connectivity index (χ3v) is 9.95. The Hall–Kier alpha value is -5.83. The zero-order valence-corrected chi connectivity index (χ0v) is 30.2. The molecular weight excluding hydrogens is 682 g/mol. The van der Waals surface area contributed by atoms with Crippen LogP contribution in [-0.2, 0) is 40.8 Å². The van der Waals surface area contributed by atoms with Gasteiger partial charge in [-0.15, -0.1) is 0 Å². The molecule has 2 saturated heterocycles. The molecule has 0 aromatic heterocycles. The number of carboxylic acids is 1. The van der Waals surface area contributed by atoms with Gasteiger partial charge >= 0.3 is 12.0 Å². The predicted molar refractivity (Wildman–Crippen MR) is 194 cm³/mol. The zero-order chi connectivity index (χ0) is 38.6. The Morgan fingerprint density at radius 1 is 1.00 bits per heavy atom. The lowest BCUT2D eigenvalue weighted by molar-refractivity contribution is -0.148. The Balaban J connectivity index is 1.42. The van der Waals surface area contributed by atoms with Crippen LogP contribution < -0.4 is 11.1 Å². The summed E-state index contributed by atoms with van der Waals surface area (Å²) < 4.78 is 5.33. The standard InChI is InChI=1S/C38H45N7O8/c1-23(2)32(35(50)43-15-17-53-18-16-43)41-34(49)29(20-31(47)48)42(4)30(46)22-44-36(51)38(3,28-13-11-26(12-14-28)33(39)40)45(37(44)52)21-24-9-10-25-7-5-6-8-27(25)19-24/h5-14,19,23,29,32H,15-18,20-22H2,1-4H3,(H3,39,40)(H,41,49)(H,47,48)/t29-,32-,38?/m0/s1. The molecule has 5 rings (SSSR count). The number of imide groups is 1. The SMILES string of the molecule is CC(C)[C@H](NC(=O)[C@H](CC(=O)O)N(C)C(=O)CN1C(=O)N(Cc2ccc3ccccc3c2)C(C)(c2ccc(C(=N)N)cc2)C1=O)C(=O)N1CCOCC1. The number of carboxylic acid groups (broad SMARTS) is 1. The average molecular weight is 728 g/mol. The van der Waals surface area contributed by atoms with Gasteiger partial charge in [-0.05, 0) is 40.8 Å². The second kappa shape index (κ2) is 15.8. The highest BCUT2D eigenvalue weighted by Crippen LogP contribution is 2.39. The van der Waals surface area contributed by atoms with Crippen molar-refractivity contribution in [3.8, 4) is 0 Å². The van der Waals surface area contributed by atoms with Gasteiger partial charge in [0.2, 0.25) is 17.7 Å². The van der Waals surface area contributed by atoms with Crippen molar-refractivity contribution in [1.82, 2.24) is 24.9 Å². The number of benzene rings is 3. The fourth-order valence-corrected chi connectivity index (χ4v) is 6.68. The summed E-state index contributed by atoms with van der Waals surface area (Å²) in [7, 11) is 1.22. The van der Waals surface area contributed by atoms with Crippen LogP contribution in [0.3, 0.4) is 0 Å². The van der Waals surface area contributed by atoms with Gasteiger partial charge in [0.15, 0.2) is 0 Å². The van der Waals surface area contributed by atoms with Gasteiger partial charge in [0.1, 0.15) is 30.0 Å². The predicted octanol–water partition coefficient (Wildman–Crippen LogP) is 2.10. The largest absolute Gasteiger partial charge is 0.481 e. The summed E-state index contributed by atoms with van der Waals surface area (Å²) in [5, 5.41) is 22.1. The topological polar surface area (TPSA) is 207 Å². The van der Waals surface area contributed by atoms with E-state index in [1.54, 1.807) is 49.9 Å². The Morgan fingerprint density at radius 2 is 1.64 bits per heavy atom. The van der Waals surface area contributed by atoms with Gasteiger partial charge in [0.05, 0.1) is 19.6 Å². The first-order valence-corrected chi connectivity index (χ1v) is 17.3. The molecule has 3 atom stereocenters. The molecule has 0 bridgehead atoms. The van der Waals surface area contributed by atoms with E-state index >= 15 is 0 Å². The summed E-state index contributed by atoms with van der Waals surface area (Å²) in [6.07, 6.45) is -0.791. The molecule has 0 spiro atoms. The molecule has 0 aliphatic carbocycles. The average Bonchev–Trinajstić information content (AvgIpc) is 3.32.